The van der Waals surface area contributed by atoms with Gasteiger partial charge < -0.3 is 4.90 Å². The van der Waals surface area contributed by atoms with Gasteiger partial charge in [0.15, 0.2) is 0 Å². The van der Waals surface area contributed by atoms with Crippen molar-refractivity contribution in [1.29, 1.82) is 0 Å². The van der Waals surface area contributed by atoms with Gasteiger partial charge in [0, 0.05) is 23.9 Å². The Balaban J connectivity index is 1.77. The lowest BCUT2D eigenvalue weighted by atomic mass is 10.2. The minimum atomic E-state index is -0.241. The van der Waals surface area contributed by atoms with Crippen LogP contribution in [0.2, 0.25) is 5.02 Å². The highest BCUT2D eigenvalue weighted by Gasteiger charge is 2.35. The highest BCUT2D eigenvalue weighted by molar-refractivity contribution is 8.03. The van der Waals surface area contributed by atoms with Gasteiger partial charge in [0.05, 0.1) is 18.1 Å². The minimum Gasteiger partial charge on any atom is -0.347 e. The van der Waals surface area contributed by atoms with Crippen molar-refractivity contribution in [2.24, 2.45) is 0 Å². The molecule has 1 fully saturated rings. The second-order valence-electron chi connectivity index (χ2n) is 4.88. The Bertz CT molecular complexity index is 561. The van der Waals surface area contributed by atoms with E-state index in [2.05, 4.69) is 9.80 Å². The summed E-state index contributed by atoms with van der Waals surface area (Å²) in [7, 11) is 0. The predicted octanol–water partition coefficient (Wildman–Crippen LogP) is 2.61. The Morgan fingerprint density at radius 1 is 1.35 bits per heavy atom. The first-order chi connectivity index (χ1) is 9.63. The van der Waals surface area contributed by atoms with Gasteiger partial charge in [-0.2, -0.15) is 0 Å². The van der Waals surface area contributed by atoms with Crippen LogP contribution in [-0.4, -0.2) is 40.2 Å². The first kappa shape index (κ1) is 13.7. The Kier molecular flexibility index (Phi) is 3.87. The largest absolute Gasteiger partial charge is 0.347 e. The molecule has 1 saturated heterocycles. The van der Waals surface area contributed by atoms with Crippen molar-refractivity contribution < 1.29 is 4.92 Å². The van der Waals surface area contributed by atoms with Crippen LogP contribution in [0, 0.1) is 10.1 Å². The van der Waals surface area contributed by atoms with Gasteiger partial charge in [-0.1, -0.05) is 23.7 Å². The Morgan fingerprint density at radius 3 is 2.80 bits per heavy atom. The molecule has 0 amide bonds. The number of halogens is 1. The molecule has 0 bridgehead atoms. The molecular formula is C13H14ClN3O2S. The van der Waals surface area contributed by atoms with Gasteiger partial charge in [0.1, 0.15) is 5.03 Å². The van der Waals surface area contributed by atoms with Crippen LogP contribution in [0.25, 0.3) is 0 Å². The summed E-state index contributed by atoms with van der Waals surface area (Å²) in [6.45, 7) is 2.73. The highest BCUT2D eigenvalue weighted by atomic mass is 35.5. The molecule has 2 aliphatic rings. The maximum Gasteiger partial charge on any atom is 0.289 e. The lowest BCUT2D eigenvalue weighted by molar-refractivity contribution is -0.431. The maximum atomic E-state index is 11.2. The molecule has 0 saturated carbocycles. The van der Waals surface area contributed by atoms with Crippen molar-refractivity contribution in [2.75, 3.05) is 25.5 Å². The molecular weight excluding hydrogens is 298 g/mol. The van der Waals surface area contributed by atoms with E-state index in [1.165, 1.54) is 0 Å². The summed E-state index contributed by atoms with van der Waals surface area (Å²) < 4.78 is 0. The van der Waals surface area contributed by atoms with Gasteiger partial charge in [-0.3, -0.25) is 15.0 Å². The molecule has 1 aromatic carbocycles. The molecule has 106 valence electrons. The van der Waals surface area contributed by atoms with E-state index >= 15 is 0 Å². The average Bonchev–Trinajstić information content (AvgIpc) is 2.88. The van der Waals surface area contributed by atoms with Crippen LogP contribution < -0.4 is 0 Å². The molecule has 3 rings (SSSR count). The SMILES string of the molecule is O=[N+]([O-])C1=C2SCCN2CN(Cc2ccc(Cl)cc2)C1. The van der Waals surface area contributed by atoms with E-state index in [0.717, 1.165) is 29.6 Å². The summed E-state index contributed by atoms with van der Waals surface area (Å²) in [5, 5.41) is 12.8. The van der Waals surface area contributed by atoms with Crippen molar-refractivity contribution in [2.45, 2.75) is 6.54 Å². The van der Waals surface area contributed by atoms with E-state index in [-0.39, 0.29) is 4.92 Å². The number of rotatable bonds is 3. The van der Waals surface area contributed by atoms with E-state index in [0.29, 0.717) is 23.8 Å². The topological polar surface area (TPSA) is 49.6 Å². The number of fused-ring (bicyclic) bond motifs is 1. The molecule has 2 aliphatic heterocycles. The first-order valence-electron chi connectivity index (χ1n) is 6.35. The standard InChI is InChI=1S/C13H14ClN3O2S/c14-11-3-1-10(2-4-11)7-15-8-12(17(18)19)13-16(9-15)5-6-20-13/h1-4H,5-9H2. The summed E-state index contributed by atoms with van der Waals surface area (Å²) in [5.41, 5.74) is 1.44. The van der Waals surface area contributed by atoms with Crippen molar-refractivity contribution in [1.82, 2.24) is 9.80 Å². The third-order valence-corrected chi connectivity index (χ3v) is 4.82. The van der Waals surface area contributed by atoms with E-state index in [1.54, 1.807) is 11.8 Å². The fourth-order valence-electron chi connectivity index (χ4n) is 2.51. The fraction of sp³-hybridized carbons (Fsp3) is 0.385. The van der Waals surface area contributed by atoms with E-state index in [1.807, 2.05) is 24.3 Å². The van der Waals surface area contributed by atoms with Crippen LogP contribution >= 0.6 is 23.4 Å². The molecule has 7 heteroatoms. The molecule has 0 atom stereocenters. The molecule has 20 heavy (non-hydrogen) atoms. The Hall–Kier alpha value is -1.24. The number of nitrogens with zero attached hydrogens (tertiary/aromatic N) is 3. The van der Waals surface area contributed by atoms with Gasteiger partial charge in [0.2, 0.25) is 0 Å². The van der Waals surface area contributed by atoms with Crippen LogP contribution in [0.4, 0.5) is 0 Å². The van der Waals surface area contributed by atoms with Gasteiger partial charge >= 0.3 is 0 Å². The van der Waals surface area contributed by atoms with E-state index < -0.39 is 0 Å². The summed E-state index contributed by atoms with van der Waals surface area (Å²) >= 11 is 7.46. The molecule has 1 aromatic rings. The lowest BCUT2D eigenvalue weighted by Gasteiger charge is -2.32. The predicted molar refractivity (Wildman–Crippen MR) is 79.9 cm³/mol. The third kappa shape index (κ3) is 2.77. The first-order valence-corrected chi connectivity index (χ1v) is 7.72. The molecule has 0 aliphatic carbocycles. The lowest BCUT2D eigenvalue weighted by Crippen LogP contribution is -2.42. The normalized spacial score (nSPS) is 19.4. The molecule has 0 spiro atoms. The summed E-state index contributed by atoms with van der Waals surface area (Å²) in [4.78, 5) is 15.2. The number of hydrogen-bond donors (Lipinski definition) is 0. The second-order valence-corrected chi connectivity index (χ2v) is 6.40. The third-order valence-electron chi connectivity index (χ3n) is 3.42. The number of benzene rings is 1. The zero-order chi connectivity index (χ0) is 14.1. The number of nitro groups is 1. The van der Waals surface area contributed by atoms with Crippen LogP contribution in [-0.2, 0) is 6.54 Å². The highest BCUT2D eigenvalue weighted by Crippen LogP contribution is 2.34. The van der Waals surface area contributed by atoms with Crippen LogP contribution in [0.3, 0.4) is 0 Å². The van der Waals surface area contributed by atoms with Gasteiger partial charge in [-0.25, -0.2) is 0 Å². The monoisotopic (exact) mass is 311 g/mol. The van der Waals surface area contributed by atoms with Crippen LogP contribution in [0.1, 0.15) is 5.56 Å². The Labute approximate surface area is 126 Å². The minimum absolute atomic E-state index is 0.241. The Morgan fingerprint density at radius 2 is 2.10 bits per heavy atom. The molecule has 0 aromatic heterocycles. The van der Waals surface area contributed by atoms with Crippen molar-refractivity contribution in [3.8, 4) is 0 Å². The number of thioether (sulfide) groups is 1. The zero-order valence-electron chi connectivity index (χ0n) is 10.8. The van der Waals surface area contributed by atoms with E-state index in [4.69, 9.17) is 11.6 Å². The maximum absolute atomic E-state index is 11.2. The van der Waals surface area contributed by atoms with Crippen molar-refractivity contribution in [3.05, 3.63) is 55.7 Å². The summed E-state index contributed by atoms with van der Waals surface area (Å²) in [6, 6.07) is 7.63. The smallest absolute Gasteiger partial charge is 0.289 e. The summed E-state index contributed by atoms with van der Waals surface area (Å²) in [5.74, 6) is 0.932. The van der Waals surface area contributed by atoms with Crippen molar-refractivity contribution in [3.63, 3.8) is 0 Å². The van der Waals surface area contributed by atoms with Crippen molar-refractivity contribution >= 4 is 23.4 Å². The second kappa shape index (κ2) is 5.63. The molecule has 5 nitrogen and oxygen atoms in total. The quantitative estimate of drug-likeness (QED) is 0.634. The zero-order valence-corrected chi connectivity index (χ0v) is 12.4. The van der Waals surface area contributed by atoms with Gasteiger partial charge in [-0.15, -0.1) is 11.8 Å². The van der Waals surface area contributed by atoms with Gasteiger partial charge in [-0.05, 0) is 17.7 Å². The molecule has 0 unspecified atom stereocenters. The fourth-order valence-corrected chi connectivity index (χ4v) is 3.78. The van der Waals surface area contributed by atoms with Crippen LogP contribution in [0.15, 0.2) is 35.0 Å². The van der Waals surface area contributed by atoms with Gasteiger partial charge in [0.25, 0.3) is 5.70 Å². The molecule has 2 heterocycles. The summed E-state index contributed by atoms with van der Waals surface area (Å²) in [6.07, 6.45) is 0. The average molecular weight is 312 g/mol. The molecule has 0 N–H and O–H groups in total. The van der Waals surface area contributed by atoms with E-state index in [9.17, 15) is 10.1 Å². The van der Waals surface area contributed by atoms with Crippen LogP contribution in [0.5, 0.6) is 0 Å². The molecule has 0 radical (unpaired) electrons. The number of hydrogen-bond acceptors (Lipinski definition) is 5.